The van der Waals surface area contributed by atoms with Crippen LogP contribution in [-0.4, -0.2) is 31.2 Å². The van der Waals surface area contributed by atoms with Crippen LogP contribution in [0.25, 0.3) is 0 Å². The molecule has 1 saturated heterocycles. The molecule has 0 unspecified atom stereocenters. The van der Waals surface area contributed by atoms with Crippen molar-refractivity contribution in [3.63, 3.8) is 0 Å². The minimum atomic E-state index is 0. The number of rotatable bonds is 2. The molecule has 2 rings (SSSR count). The number of nitrogens with zero attached hydrogens (tertiary/aromatic N) is 2. The maximum Gasteiger partial charge on any atom is 0.0429 e. The largest absolute Gasteiger partial charge is 0.371 e. The first kappa shape index (κ1) is 13.9. The molecule has 0 aromatic carbocycles. The first-order valence-corrected chi connectivity index (χ1v) is 6.07. The summed E-state index contributed by atoms with van der Waals surface area (Å²) in [5.74, 6) is 0. The number of aryl methyl sites for hydroxylation is 1. The molecule has 96 valence electrons. The number of nitrogens with one attached hydrogen (secondary N) is 1. The second kappa shape index (κ2) is 5.98. The normalized spacial score (nSPS) is 16.8. The fourth-order valence-corrected chi connectivity index (χ4v) is 2.38. The molecule has 4 nitrogen and oxygen atoms in total. The van der Waals surface area contributed by atoms with E-state index in [2.05, 4.69) is 42.2 Å². The van der Waals surface area contributed by atoms with Gasteiger partial charge in [-0.3, -0.25) is 4.98 Å². The SMILES string of the molecule is CNC1CCN(c2ccnc(C)c2C)CC1.N. The Bertz CT molecular complexity index is 356. The van der Waals surface area contributed by atoms with Gasteiger partial charge in [-0.25, -0.2) is 0 Å². The Labute approximate surface area is 104 Å². The van der Waals surface area contributed by atoms with E-state index in [9.17, 15) is 0 Å². The lowest BCUT2D eigenvalue weighted by molar-refractivity contribution is 0.442. The lowest BCUT2D eigenvalue weighted by atomic mass is 10.0. The van der Waals surface area contributed by atoms with Gasteiger partial charge in [0, 0.05) is 36.7 Å². The zero-order valence-electron chi connectivity index (χ0n) is 11.2. The number of pyridine rings is 1. The molecule has 17 heavy (non-hydrogen) atoms. The van der Waals surface area contributed by atoms with E-state index in [1.807, 2.05) is 6.20 Å². The molecule has 0 saturated carbocycles. The summed E-state index contributed by atoms with van der Waals surface area (Å²) in [4.78, 5) is 6.81. The van der Waals surface area contributed by atoms with Crippen LogP contribution in [0.4, 0.5) is 5.69 Å². The molecule has 0 amide bonds. The Balaban J connectivity index is 0.00000144. The average Bonchev–Trinajstić information content (AvgIpc) is 2.33. The number of hydrogen-bond donors (Lipinski definition) is 2. The van der Waals surface area contributed by atoms with E-state index in [-0.39, 0.29) is 6.15 Å². The highest BCUT2D eigenvalue weighted by atomic mass is 15.1. The molecule has 0 bridgehead atoms. The third kappa shape index (κ3) is 2.96. The van der Waals surface area contributed by atoms with Gasteiger partial charge in [-0.15, -0.1) is 0 Å². The first-order valence-electron chi connectivity index (χ1n) is 6.07. The van der Waals surface area contributed by atoms with E-state index in [1.165, 1.54) is 24.1 Å². The van der Waals surface area contributed by atoms with Gasteiger partial charge < -0.3 is 16.4 Å². The van der Waals surface area contributed by atoms with Crippen molar-refractivity contribution < 1.29 is 0 Å². The van der Waals surface area contributed by atoms with Crippen molar-refractivity contribution in [1.82, 2.24) is 16.5 Å². The monoisotopic (exact) mass is 236 g/mol. The second-order valence-corrected chi connectivity index (χ2v) is 4.59. The summed E-state index contributed by atoms with van der Waals surface area (Å²) >= 11 is 0. The topological polar surface area (TPSA) is 63.2 Å². The number of aromatic nitrogens is 1. The summed E-state index contributed by atoms with van der Waals surface area (Å²) in [7, 11) is 2.06. The predicted molar refractivity (Wildman–Crippen MR) is 73.0 cm³/mol. The predicted octanol–water partition coefficient (Wildman–Crippen LogP) is 2.05. The van der Waals surface area contributed by atoms with Crippen LogP contribution in [0.5, 0.6) is 0 Å². The zero-order valence-corrected chi connectivity index (χ0v) is 11.2. The molecule has 1 aliphatic rings. The van der Waals surface area contributed by atoms with Crippen molar-refractivity contribution in [3.05, 3.63) is 23.5 Å². The lowest BCUT2D eigenvalue weighted by Crippen LogP contribution is -2.41. The molecule has 1 aromatic heterocycles. The smallest absolute Gasteiger partial charge is 0.0429 e. The molecule has 2 heterocycles. The Kier molecular flexibility index (Phi) is 4.90. The van der Waals surface area contributed by atoms with E-state index >= 15 is 0 Å². The molecule has 1 aliphatic heterocycles. The average molecular weight is 236 g/mol. The van der Waals surface area contributed by atoms with E-state index in [0.717, 1.165) is 18.8 Å². The second-order valence-electron chi connectivity index (χ2n) is 4.59. The third-order valence-electron chi connectivity index (χ3n) is 3.67. The van der Waals surface area contributed by atoms with Crippen LogP contribution in [0.1, 0.15) is 24.1 Å². The number of piperidine rings is 1. The summed E-state index contributed by atoms with van der Waals surface area (Å²) in [6, 6.07) is 2.83. The molecule has 0 atom stereocenters. The van der Waals surface area contributed by atoms with Gasteiger partial charge in [0.15, 0.2) is 0 Å². The van der Waals surface area contributed by atoms with Crippen LogP contribution in [-0.2, 0) is 0 Å². The molecule has 0 aliphatic carbocycles. The van der Waals surface area contributed by atoms with Gasteiger partial charge in [0.1, 0.15) is 0 Å². The summed E-state index contributed by atoms with van der Waals surface area (Å²) in [5, 5.41) is 3.36. The Morgan fingerprint density at radius 3 is 2.53 bits per heavy atom. The maximum absolute atomic E-state index is 4.33. The van der Waals surface area contributed by atoms with Gasteiger partial charge in [-0.05, 0) is 45.4 Å². The van der Waals surface area contributed by atoms with Crippen molar-refractivity contribution >= 4 is 5.69 Å². The van der Waals surface area contributed by atoms with Crippen molar-refractivity contribution in [2.24, 2.45) is 0 Å². The standard InChI is InChI=1S/C13H21N3.H3N/c1-10-11(2)15-7-4-13(10)16-8-5-12(14-3)6-9-16;/h4,7,12,14H,5-6,8-9H2,1-3H3;1H3. The number of hydrogen-bond acceptors (Lipinski definition) is 4. The van der Waals surface area contributed by atoms with Gasteiger partial charge >= 0.3 is 0 Å². The highest BCUT2D eigenvalue weighted by Crippen LogP contribution is 2.24. The molecule has 4 N–H and O–H groups in total. The van der Waals surface area contributed by atoms with Gasteiger partial charge in [0.05, 0.1) is 0 Å². The summed E-state index contributed by atoms with van der Waals surface area (Å²) < 4.78 is 0. The third-order valence-corrected chi connectivity index (χ3v) is 3.67. The Morgan fingerprint density at radius 2 is 1.94 bits per heavy atom. The lowest BCUT2D eigenvalue weighted by Gasteiger charge is -2.34. The minimum absolute atomic E-state index is 0. The zero-order chi connectivity index (χ0) is 11.5. The van der Waals surface area contributed by atoms with Crippen LogP contribution in [0, 0.1) is 13.8 Å². The van der Waals surface area contributed by atoms with Gasteiger partial charge in [-0.2, -0.15) is 0 Å². The molecule has 4 heteroatoms. The van der Waals surface area contributed by atoms with E-state index in [0.29, 0.717) is 6.04 Å². The molecular formula is C13H24N4. The summed E-state index contributed by atoms with van der Waals surface area (Å²) in [6.45, 7) is 6.55. The van der Waals surface area contributed by atoms with Crippen LogP contribution >= 0.6 is 0 Å². The van der Waals surface area contributed by atoms with Crippen LogP contribution in [0.15, 0.2) is 12.3 Å². The van der Waals surface area contributed by atoms with E-state index in [4.69, 9.17) is 0 Å². The fourth-order valence-electron chi connectivity index (χ4n) is 2.38. The van der Waals surface area contributed by atoms with Gasteiger partial charge in [0.2, 0.25) is 0 Å². The fraction of sp³-hybridized carbons (Fsp3) is 0.615. The van der Waals surface area contributed by atoms with Crippen LogP contribution in [0.3, 0.4) is 0 Å². The maximum atomic E-state index is 4.33. The highest BCUT2D eigenvalue weighted by molar-refractivity contribution is 5.54. The van der Waals surface area contributed by atoms with Crippen LogP contribution < -0.4 is 16.4 Å². The van der Waals surface area contributed by atoms with Gasteiger partial charge in [0.25, 0.3) is 0 Å². The van der Waals surface area contributed by atoms with E-state index < -0.39 is 0 Å². The Hall–Kier alpha value is -1.13. The molecule has 1 fully saturated rings. The van der Waals surface area contributed by atoms with Crippen LogP contribution in [0.2, 0.25) is 0 Å². The van der Waals surface area contributed by atoms with Crippen molar-refractivity contribution in [2.45, 2.75) is 32.7 Å². The van der Waals surface area contributed by atoms with Crippen molar-refractivity contribution in [1.29, 1.82) is 0 Å². The molecule has 0 spiro atoms. The highest BCUT2D eigenvalue weighted by Gasteiger charge is 2.19. The molecule has 1 aromatic rings. The minimum Gasteiger partial charge on any atom is -0.371 e. The Morgan fingerprint density at radius 1 is 1.29 bits per heavy atom. The van der Waals surface area contributed by atoms with Gasteiger partial charge in [-0.1, -0.05) is 0 Å². The van der Waals surface area contributed by atoms with Crippen molar-refractivity contribution in [2.75, 3.05) is 25.0 Å². The van der Waals surface area contributed by atoms with E-state index in [1.54, 1.807) is 0 Å². The van der Waals surface area contributed by atoms with Crippen molar-refractivity contribution in [3.8, 4) is 0 Å². The first-order chi connectivity index (χ1) is 7.72. The quantitative estimate of drug-likeness (QED) is 0.825. The molecular weight excluding hydrogens is 212 g/mol. The number of anilines is 1. The summed E-state index contributed by atoms with van der Waals surface area (Å²) in [5.41, 5.74) is 3.83. The molecule has 0 radical (unpaired) electrons. The summed E-state index contributed by atoms with van der Waals surface area (Å²) in [6.07, 6.45) is 4.39.